The number of H-pyrrole nitrogens is 1. The van der Waals surface area contributed by atoms with E-state index in [0.717, 1.165) is 0 Å². The molecule has 2 aromatic carbocycles. The van der Waals surface area contributed by atoms with E-state index in [0.29, 0.717) is 11.1 Å². The van der Waals surface area contributed by atoms with Crippen molar-refractivity contribution in [2.24, 2.45) is 5.73 Å². The molecule has 148 valence electrons. The van der Waals surface area contributed by atoms with Crippen LogP contribution in [-0.2, 0) is 4.57 Å². The van der Waals surface area contributed by atoms with Crippen LogP contribution < -0.4 is 16.3 Å². The number of nitrogens with two attached hydrogens (primary N) is 1. The fraction of sp³-hybridized carbons (Fsp3) is 0.100. The number of amides is 1. The zero-order valence-corrected chi connectivity index (χ0v) is 16.9. The predicted octanol–water partition coefficient (Wildman–Crippen LogP) is 3.17. The van der Waals surface area contributed by atoms with Gasteiger partial charge in [-0.3, -0.25) is 4.79 Å². The first kappa shape index (κ1) is 20.8. The Morgan fingerprint density at radius 2 is 2.14 bits per heavy atom. The molecule has 1 aromatic heterocycles. The summed E-state index contributed by atoms with van der Waals surface area (Å²) < 4.78 is 28.9. The molecular weight excluding hydrogens is 416 g/mol. The average molecular weight is 432 g/mol. The van der Waals surface area contributed by atoms with E-state index in [4.69, 9.17) is 22.6 Å². The maximum Gasteiger partial charge on any atom is 0.265 e. The molecule has 3 aromatic rings. The minimum absolute atomic E-state index is 0.153. The van der Waals surface area contributed by atoms with E-state index in [2.05, 4.69) is 4.98 Å². The van der Waals surface area contributed by atoms with Gasteiger partial charge in [-0.05, 0) is 48.4 Å². The molecular formula is C20H16ClFN3O3P. The van der Waals surface area contributed by atoms with Crippen molar-refractivity contribution in [3.05, 3.63) is 64.1 Å². The summed E-state index contributed by atoms with van der Waals surface area (Å²) in [7, 11) is -3.92. The number of allylic oxidation sites excluding steroid dienone is 1. The minimum Gasteiger partial charge on any atom is -0.388 e. The maximum atomic E-state index is 14.9. The molecule has 9 heteroatoms. The highest BCUT2D eigenvalue weighted by Gasteiger charge is 2.36. The molecule has 0 unspecified atom stereocenters. The molecule has 4 N–H and O–H groups in total. The molecule has 0 radical (unpaired) electrons. The van der Waals surface area contributed by atoms with Crippen molar-refractivity contribution in [1.29, 1.82) is 5.26 Å². The molecule has 6 nitrogen and oxygen atoms in total. The summed E-state index contributed by atoms with van der Waals surface area (Å²) in [5, 5.41) is 18.5. The van der Waals surface area contributed by atoms with Gasteiger partial charge in [-0.1, -0.05) is 17.7 Å². The number of nitrogens with zero attached hydrogens (tertiary/aromatic N) is 1. The summed E-state index contributed by atoms with van der Waals surface area (Å²) in [4.78, 5) is 14.7. The van der Waals surface area contributed by atoms with Crippen LogP contribution in [0.2, 0.25) is 5.02 Å². The normalized spacial score (nSPS) is 13.5. The molecule has 1 heterocycles. The Morgan fingerprint density at radius 1 is 1.41 bits per heavy atom. The van der Waals surface area contributed by atoms with E-state index in [1.54, 1.807) is 19.1 Å². The van der Waals surface area contributed by atoms with Gasteiger partial charge in [-0.15, -0.1) is 0 Å². The number of benzene rings is 2. The van der Waals surface area contributed by atoms with Crippen LogP contribution in [0.25, 0.3) is 17.0 Å². The number of aromatic amines is 1. The molecule has 3 rings (SSSR count). The van der Waals surface area contributed by atoms with Gasteiger partial charge in [0.1, 0.15) is 12.0 Å². The molecule has 29 heavy (non-hydrogen) atoms. The maximum absolute atomic E-state index is 14.9. The van der Waals surface area contributed by atoms with Crippen LogP contribution in [0.1, 0.15) is 21.6 Å². The number of hydrogen-bond acceptors (Lipinski definition) is 4. The quantitative estimate of drug-likeness (QED) is 0.424. The minimum atomic E-state index is -3.92. The van der Waals surface area contributed by atoms with Crippen LogP contribution in [0.5, 0.6) is 0 Å². The first-order valence-corrected chi connectivity index (χ1v) is 10.7. The standard InChI is InChI=1S/C20H16ClFN3O3P/c1-11-7-12(3-2-6-23)9-13(8-11)29(28,10-26)19-16-15(25-18(19)20(24)27)5-4-14(21)17(16)22/h2-5,7-9,25-26H,10H2,1H3,(H2,24,27)/t29-/m0/s1. The second-order valence-electron chi connectivity index (χ2n) is 6.44. The number of primary amides is 1. The van der Waals surface area contributed by atoms with Gasteiger partial charge in [0.15, 0.2) is 13.0 Å². The molecule has 0 spiro atoms. The lowest BCUT2D eigenvalue weighted by Crippen LogP contribution is -2.27. The van der Waals surface area contributed by atoms with E-state index < -0.39 is 25.2 Å². The number of aliphatic hydroxyl groups is 1. The van der Waals surface area contributed by atoms with Crippen LogP contribution in [0.4, 0.5) is 4.39 Å². The Balaban J connectivity index is 2.42. The lowest BCUT2D eigenvalue weighted by atomic mass is 10.1. The number of halogens is 2. The van der Waals surface area contributed by atoms with Crippen LogP contribution in [0.15, 0.2) is 36.4 Å². The molecule has 1 amide bonds. The van der Waals surface area contributed by atoms with E-state index in [-0.39, 0.29) is 32.2 Å². The number of carbonyl (C=O) groups is 1. The number of aryl methyl sites for hydroxylation is 1. The van der Waals surface area contributed by atoms with Crippen molar-refractivity contribution < 1.29 is 18.9 Å². The number of carbonyl (C=O) groups excluding carboxylic acids is 1. The third-order valence-corrected chi connectivity index (χ3v) is 7.44. The highest BCUT2D eigenvalue weighted by molar-refractivity contribution is 7.79. The lowest BCUT2D eigenvalue weighted by Gasteiger charge is -2.19. The Bertz CT molecular complexity index is 1260. The number of aromatic nitrogens is 1. The summed E-state index contributed by atoms with van der Waals surface area (Å²) in [6, 6.07) is 9.45. The fourth-order valence-corrected chi connectivity index (χ4v) is 5.85. The number of aliphatic hydroxyl groups excluding tert-OH is 1. The van der Waals surface area contributed by atoms with Crippen molar-refractivity contribution in [1.82, 2.24) is 4.98 Å². The molecule has 0 fully saturated rings. The Labute approximate surface area is 170 Å². The second kappa shape index (κ2) is 7.84. The number of fused-ring (bicyclic) bond motifs is 1. The van der Waals surface area contributed by atoms with Crippen molar-refractivity contribution in [2.45, 2.75) is 6.92 Å². The third-order valence-electron chi connectivity index (χ3n) is 4.49. The highest BCUT2D eigenvalue weighted by Crippen LogP contribution is 2.46. The number of rotatable bonds is 5. The molecule has 0 saturated carbocycles. The van der Waals surface area contributed by atoms with Gasteiger partial charge >= 0.3 is 0 Å². The summed E-state index contributed by atoms with van der Waals surface area (Å²) in [5.41, 5.74) is 6.64. The summed E-state index contributed by atoms with van der Waals surface area (Å²) in [6.45, 7) is 1.75. The first-order chi connectivity index (χ1) is 13.7. The van der Waals surface area contributed by atoms with Crippen LogP contribution in [0, 0.1) is 24.1 Å². The van der Waals surface area contributed by atoms with Crippen LogP contribution in [-0.4, -0.2) is 22.3 Å². The van der Waals surface area contributed by atoms with Gasteiger partial charge in [-0.25, -0.2) is 4.39 Å². The summed E-state index contributed by atoms with van der Waals surface area (Å²) >= 11 is 5.90. The number of hydrogen-bond donors (Lipinski definition) is 3. The third kappa shape index (κ3) is 3.58. The van der Waals surface area contributed by atoms with E-state index >= 15 is 0 Å². The van der Waals surface area contributed by atoms with Gasteiger partial charge in [-0.2, -0.15) is 5.26 Å². The zero-order valence-electron chi connectivity index (χ0n) is 15.2. The molecule has 1 atom stereocenters. The van der Waals surface area contributed by atoms with Gasteiger partial charge < -0.3 is 20.4 Å². The predicted molar refractivity (Wildman–Crippen MR) is 112 cm³/mol. The van der Waals surface area contributed by atoms with E-state index in [1.807, 2.05) is 6.07 Å². The SMILES string of the molecule is Cc1cc(C=CC#N)cc([P@@](=O)(CO)c2c(C(N)=O)[nH]c3ccc(Cl)c(F)c23)c1. The van der Waals surface area contributed by atoms with Gasteiger partial charge in [0.25, 0.3) is 5.91 Å². The highest BCUT2D eigenvalue weighted by atomic mass is 35.5. The number of nitrogens with one attached hydrogen (secondary N) is 1. The van der Waals surface area contributed by atoms with Crippen molar-refractivity contribution in [2.75, 3.05) is 6.35 Å². The van der Waals surface area contributed by atoms with E-state index in [9.17, 15) is 18.9 Å². The second-order valence-corrected chi connectivity index (χ2v) is 9.58. The van der Waals surface area contributed by atoms with Gasteiger partial charge in [0.05, 0.1) is 16.4 Å². The smallest absolute Gasteiger partial charge is 0.265 e. The molecule has 0 saturated heterocycles. The van der Waals surface area contributed by atoms with Crippen molar-refractivity contribution in [3.8, 4) is 6.07 Å². The Morgan fingerprint density at radius 3 is 2.76 bits per heavy atom. The van der Waals surface area contributed by atoms with Crippen LogP contribution >= 0.6 is 18.7 Å². The fourth-order valence-electron chi connectivity index (χ4n) is 3.26. The summed E-state index contributed by atoms with van der Waals surface area (Å²) in [6.07, 6.45) is 1.90. The Kier molecular flexibility index (Phi) is 5.63. The topological polar surface area (TPSA) is 120 Å². The summed E-state index contributed by atoms with van der Waals surface area (Å²) in [5.74, 6) is -1.81. The monoisotopic (exact) mass is 431 g/mol. The molecule has 0 bridgehead atoms. The number of nitriles is 1. The Hall–Kier alpha value is -2.91. The first-order valence-electron chi connectivity index (χ1n) is 8.41. The van der Waals surface area contributed by atoms with Gasteiger partial charge in [0.2, 0.25) is 0 Å². The van der Waals surface area contributed by atoms with Crippen LogP contribution in [0.3, 0.4) is 0 Å². The molecule has 0 aliphatic heterocycles. The van der Waals surface area contributed by atoms with E-state index in [1.165, 1.54) is 30.4 Å². The van der Waals surface area contributed by atoms with Crippen molar-refractivity contribution in [3.63, 3.8) is 0 Å². The molecule has 0 aliphatic rings. The lowest BCUT2D eigenvalue weighted by molar-refractivity contribution is 0.0997. The van der Waals surface area contributed by atoms with Crippen molar-refractivity contribution >= 4 is 52.2 Å². The zero-order chi connectivity index (χ0) is 21.3. The molecule has 0 aliphatic carbocycles. The van der Waals surface area contributed by atoms with Gasteiger partial charge in [0, 0.05) is 22.3 Å². The average Bonchev–Trinajstić information content (AvgIpc) is 3.09. The largest absolute Gasteiger partial charge is 0.388 e.